The third-order valence-corrected chi connectivity index (χ3v) is 3.85. The Labute approximate surface area is 124 Å². The summed E-state index contributed by atoms with van der Waals surface area (Å²) in [5.41, 5.74) is -0.323. The molecule has 7 heteroatoms. The summed E-state index contributed by atoms with van der Waals surface area (Å²) in [5, 5.41) is 16.8. The lowest BCUT2D eigenvalue weighted by Gasteiger charge is -2.40. The molecule has 1 aliphatic rings. The van der Waals surface area contributed by atoms with Crippen LogP contribution in [0.25, 0.3) is 0 Å². The average Bonchev–Trinajstić information content (AvgIpc) is 2.38. The van der Waals surface area contributed by atoms with Gasteiger partial charge in [0, 0.05) is 13.1 Å². The summed E-state index contributed by atoms with van der Waals surface area (Å²) in [6.45, 7) is 4.47. The number of amides is 3. The average molecular weight is 299 g/mol. The molecule has 0 aromatic heterocycles. The van der Waals surface area contributed by atoms with Gasteiger partial charge in [-0.2, -0.15) is 0 Å². The molecule has 1 saturated carbocycles. The first-order valence-electron chi connectivity index (χ1n) is 7.42. The number of carbonyl (C=O) groups excluding carboxylic acids is 2. The van der Waals surface area contributed by atoms with Crippen molar-refractivity contribution in [1.82, 2.24) is 16.0 Å². The van der Waals surface area contributed by atoms with E-state index in [0.717, 1.165) is 25.7 Å². The van der Waals surface area contributed by atoms with Crippen molar-refractivity contribution < 1.29 is 19.5 Å². The predicted octanol–water partition coefficient (Wildman–Crippen LogP) is 0.845. The lowest BCUT2D eigenvalue weighted by Crippen LogP contribution is -2.51. The summed E-state index contributed by atoms with van der Waals surface area (Å²) in [5.74, 6) is -1.07. The SMILES string of the molecule is CCCNC(=O)C(C)NC(=O)NCC1(CC(=O)O)CCC1. The monoisotopic (exact) mass is 299 g/mol. The van der Waals surface area contributed by atoms with Crippen LogP contribution < -0.4 is 16.0 Å². The van der Waals surface area contributed by atoms with E-state index in [4.69, 9.17) is 5.11 Å². The Balaban J connectivity index is 2.33. The van der Waals surface area contributed by atoms with Crippen molar-refractivity contribution in [1.29, 1.82) is 0 Å². The van der Waals surface area contributed by atoms with Gasteiger partial charge in [0.2, 0.25) is 5.91 Å². The third kappa shape index (κ3) is 5.61. The minimum absolute atomic E-state index is 0.0693. The fourth-order valence-corrected chi connectivity index (χ4v) is 2.40. The van der Waals surface area contributed by atoms with Crippen LogP contribution in [-0.4, -0.2) is 42.1 Å². The third-order valence-electron chi connectivity index (χ3n) is 3.85. The number of carbonyl (C=O) groups is 3. The molecule has 0 aliphatic heterocycles. The summed E-state index contributed by atoms with van der Waals surface area (Å²) in [4.78, 5) is 34.2. The normalized spacial score (nSPS) is 17.2. The van der Waals surface area contributed by atoms with E-state index in [9.17, 15) is 14.4 Å². The molecular formula is C14H25N3O4. The van der Waals surface area contributed by atoms with Crippen LogP contribution in [0.2, 0.25) is 0 Å². The van der Waals surface area contributed by atoms with Gasteiger partial charge in [0.1, 0.15) is 6.04 Å². The predicted molar refractivity (Wildman–Crippen MR) is 77.8 cm³/mol. The minimum Gasteiger partial charge on any atom is -0.481 e. The van der Waals surface area contributed by atoms with Crippen LogP contribution in [0.1, 0.15) is 46.0 Å². The molecule has 120 valence electrons. The zero-order valence-corrected chi connectivity index (χ0v) is 12.7. The Morgan fingerprint density at radius 3 is 2.38 bits per heavy atom. The minimum atomic E-state index is -0.843. The zero-order chi connectivity index (χ0) is 15.9. The van der Waals surface area contributed by atoms with Gasteiger partial charge >= 0.3 is 12.0 Å². The molecule has 3 amide bonds. The van der Waals surface area contributed by atoms with Gasteiger partial charge in [-0.25, -0.2) is 4.79 Å². The fourth-order valence-electron chi connectivity index (χ4n) is 2.40. The number of hydrogen-bond donors (Lipinski definition) is 4. The van der Waals surface area contributed by atoms with Gasteiger partial charge in [-0.05, 0) is 31.6 Å². The van der Waals surface area contributed by atoms with Crippen LogP contribution in [0, 0.1) is 5.41 Å². The standard InChI is InChI=1S/C14H25N3O4/c1-3-7-15-12(20)10(2)17-13(21)16-9-14(5-4-6-14)8-11(18)19/h10H,3-9H2,1-2H3,(H,15,20)(H,18,19)(H2,16,17,21). The zero-order valence-electron chi connectivity index (χ0n) is 12.7. The Morgan fingerprint density at radius 1 is 1.24 bits per heavy atom. The largest absolute Gasteiger partial charge is 0.481 e. The van der Waals surface area contributed by atoms with E-state index in [0.29, 0.717) is 13.1 Å². The van der Waals surface area contributed by atoms with Gasteiger partial charge in [-0.1, -0.05) is 13.3 Å². The maximum absolute atomic E-state index is 11.8. The van der Waals surface area contributed by atoms with Gasteiger partial charge in [-0.3, -0.25) is 9.59 Å². The van der Waals surface area contributed by atoms with Crippen LogP contribution in [0.5, 0.6) is 0 Å². The second-order valence-electron chi connectivity index (χ2n) is 5.76. The van der Waals surface area contributed by atoms with E-state index in [2.05, 4.69) is 16.0 Å². The maximum atomic E-state index is 11.8. The van der Waals surface area contributed by atoms with Gasteiger partial charge in [-0.15, -0.1) is 0 Å². The second kappa shape index (κ2) is 7.85. The van der Waals surface area contributed by atoms with E-state index >= 15 is 0 Å². The van der Waals surface area contributed by atoms with E-state index in [1.807, 2.05) is 6.92 Å². The van der Waals surface area contributed by atoms with Crippen LogP contribution in [0.15, 0.2) is 0 Å². The Bertz CT molecular complexity index is 394. The Hall–Kier alpha value is -1.79. The maximum Gasteiger partial charge on any atom is 0.315 e. The van der Waals surface area contributed by atoms with Gasteiger partial charge in [0.25, 0.3) is 0 Å². The van der Waals surface area contributed by atoms with Crippen LogP contribution >= 0.6 is 0 Å². The van der Waals surface area contributed by atoms with Gasteiger partial charge in [0.15, 0.2) is 0 Å². The quantitative estimate of drug-likeness (QED) is 0.533. The molecule has 0 aromatic carbocycles. The molecule has 1 atom stereocenters. The molecule has 0 heterocycles. The highest BCUT2D eigenvalue weighted by Gasteiger charge is 2.39. The first-order chi connectivity index (χ1) is 9.88. The topological polar surface area (TPSA) is 108 Å². The van der Waals surface area contributed by atoms with Crippen molar-refractivity contribution in [2.75, 3.05) is 13.1 Å². The highest BCUT2D eigenvalue weighted by molar-refractivity contribution is 5.86. The number of aliphatic carboxylic acids is 1. The number of carboxylic acid groups (broad SMARTS) is 1. The molecule has 1 aliphatic carbocycles. The molecule has 1 rings (SSSR count). The molecule has 21 heavy (non-hydrogen) atoms. The Kier molecular flexibility index (Phi) is 6.45. The lowest BCUT2D eigenvalue weighted by atomic mass is 9.66. The van der Waals surface area contributed by atoms with E-state index in [-0.39, 0.29) is 17.7 Å². The molecule has 0 spiro atoms. The van der Waals surface area contributed by atoms with E-state index in [1.165, 1.54) is 0 Å². The molecule has 4 N–H and O–H groups in total. The molecule has 0 bridgehead atoms. The Morgan fingerprint density at radius 2 is 1.90 bits per heavy atom. The first kappa shape index (κ1) is 17.3. The van der Waals surface area contributed by atoms with Crippen molar-refractivity contribution >= 4 is 17.9 Å². The summed E-state index contributed by atoms with van der Waals surface area (Å²) >= 11 is 0. The molecule has 1 fully saturated rings. The number of nitrogens with one attached hydrogen (secondary N) is 3. The smallest absolute Gasteiger partial charge is 0.315 e. The molecule has 0 aromatic rings. The molecule has 0 saturated heterocycles. The summed E-state index contributed by atoms with van der Waals surface area (Å²) in [6.07, 6.45) is 3.52. The highest BCUT2D eigenvalue weighted by Crippen LogP contribution is 2.43. The first-order valence-corrected chi connectivity index (χ1v) is 7.42. The van der Waals surface area contributed by atoms with E-state index < -0.39 is 18.0 Å². The van der Waals surface area contributed by atoms with Crippen LogP contribution in [0.4, 0.5) is 4.79 Å². The number of urea groups is 1. The second-order valence-corrected chi connectivity index (χ2v) is 5.76. The van der Waals surface area contributed by atoms with E-state index in [1.54, 1.807) is 6.92 Å². The van der Waals surface area contributed by atoms with Crippen molar-refractivity contribution in [2.45, 2.75) is 52.0 Å². The van der Waals surface area contributed by atoms with Gasteiger partial charge < -0.3 is 21.1 Å². The van der Waals surface area contributed by atoms with Crippen molar-refractivity contribution in [3.63, 3.8) is 0 Å². The van der Waals surface area contributed by atoms with Gasteiger partial charge in [0.05, 0.1) is 6.42 Å². The number of carboxylic acids is 1. The number of rotatable bonds is 8. The molecule has 7 nitrogen and oxygen atoms in total. The lowest BCUT2D eigenvalue weighted by molar-refractivity contribution is -0.141. The fraction of sp³-hybridized carbons (Fsp3) is 0.786. The molecular weight excluding hydrogens is 274 g/mol. The van der Waals surface area contributed by atoms with Crippen LogP contribution in [0.3, 0.4) is 0 Å². The van der Waals surface area contributed by atoms with Crippen molar-refractivity contribution in [2.24, 2.45) is 5.41 Å². The highest BCUT2D eigenvalue weighted by atomic mass is 16.4. The van der Waals surface area contributed by atoms with Crippen LogP contribution in [-0.2, 0) is 9.59 Å². The number of hydrogen-bond acceptors (Lipinski definition) is 3. The summed E-state index contributed by atoms with van der Waals surface area (Å²) in [6, 6.07) is -1.06. The molecule has 1 unspecified atom stereocenters. The summed E-state index contributed by atoms with van der Waals surface area (Å²) in [7, 11) is 0. The summed E-state index contributed by atoms with van der Waals surface area (Å²) < 4.78 is 0. The molecule has 0 radical (unpaired) electrons. The van der Waals surface area contributed by atoms with Crippen molar-refractivity contribution in [3.8, 4) is 0 Å². The van der Waals surface area contributed by atoms with Crippen molar-refractivity contribution in [3.05, 3.63) is 0 Å².